The van der Waals surface area contributed by atoms with E-state index in [9.17, 15) is 0 Å². The molecule has 3 N–H and O–H groups in total. The number of furan rings is 1. The van der Waals surface area contributed by atoms with Crippen LogP contribution < -0.4 is 11.3 Å². The van der Waals surface area contributed by atoms with E-state index in [1.54, 1.807) is 6.26 Å². The maximum atomic E-state index is 5.47. The lowest BCUT2D eigenvalue weighted by atomic mass is 10.1. The Bertz CT molecular complexity index is 275. The quantitative estimate of drug-likeness (QED) is 0.623. The maximum absolute atomic E-state index is 5.47. The Labute approximate surface area is 92.5 Å². The molecule has 1 heterocycles. The summed E-state index contributed by atoms with van der Waals surface area (Å²) >= 11 is 3.41. The average Bonchev–Trinajstić information content (AvgIpc) is 2.53. The number of halogens is 1. The van der Waals surface area contributed by atoms with Crippen LogP contribution in [0.5, 0.6) is 0 Å². The molecule has 1 aromatic heterocycles. The van der Waals surface area contributed by atoms with Crippen molar-refractivity contribution < 1.29 is 4.42 Å². The van der Waals surface area contributed by atoms with Crippen LogP contribution >= 0.6 is 15.9 Å². The molecule has 0 saturated carbocycles. The van der Waals surface area contributed by atoms with Crippen LogP contribution in [0.1, 0.15) is 18.2 Å². The fraction of sp³-hybridized carbons (Fsp3) is 0.556. The molecule has 1 rings (SSSR count). The molecule has 0 saturated heterocycles. The van der Waals surface area contributed by atoms with Crippen molar-refractivity contribution in [3.05, 3.63) is 22.6 Å². The lowest BCUT2D eigenvalue weighted by molar-refractivity contribution is 0.333. The molecule has 0 aliphatic carbocycles. The number of hydrazine groups is 1. The summed E-state index contributed by atoms with van der Waals surface area (Å²) in [6.45, 7) is 0.960. The van der Waals surface area contributed by atoms with Crippen LogP contribution in [0.3, 0.4) is 0 Å². The third-order valence-corrected chi connectivity index (χ3v) is 2.68. The first kappa shape index (κ1) is 11.7. The SMILES string of the molecule is CN(C)CCC(NN)c1occc1Br. The summed E-state index contributed by atoms with van der Waals surface area (Å²) in [6, 6.07) is 1.93. The van der Waals surface area contributed by atoms with E-state index < -0.39 is 0 Å². The minimum atomic E-state index is 0.0572. The zero-order valence-corrected chi connectivity index (χ0v) is 10.0. The zero-order valence-electron chi connectivity index (χ0n) is 8.46. The molecule has 1 unspecified atom stereocenters. The summed E-state index contributed by atoms with van der Waals surface area (Å²) in [6.07, 6.45) is 2.56. The molecule has 0 aromatic carbocycles. The summed E-state index contributed by atoms with van der Waals surface area (Å²) in [5.74, 6) is 6.33. The second-order valence-electron chi connectivity index (χ2n) is 3.44. The van der Waals surface area contributed by atoms with Gasteiger partial charge in [-0.2, -0.15) is 0 Å². The minimum Gasteiger partial charge on any atom is -0.466 e. The molecular formula is C9H16BrN3O. The van der Waals surface area contributed by atoms with Crippen molar-refractivity contribution >= 4 is 15.9 Å². The number of hydrogen-bond acceptors (Lipinski definition) is 4. The summed E-state index contributed by atoms with van der Waals surface area (Å²) in [4.78, 5) is 2.11. The Hall–Kier alpha value is -0.360. The number of rotatable bonds is 5. The van der Waals surface area contributed by atoms with Gasteiger partial charge in [0, 0.05) is 0 Å². The average molecular weight is 262 g/mol. The third-order valence-electron chi connectivity index (χ3n) is 2.03. The first-order valence-corrected chi connectivity index (χ1v) is 5.28. The van der Waals surface area contributed by atoms with Gasteiger partial charge in [-0.05, 0) is 49.1 Å². The highest BCUT2D eigenvalue weighted by Crippen LogP contribution is 2.26. The molecule has 0 spiro atoms. The van der Waals surface area contributed by atoms with Gasteiger partial charge in [0.2, 0.25) is 0 Å². The Morgan fingerprint density at radius 3 is 2.79 bits per heavy atom. The first-order valence-electron chi connectivity index (χ1n) is 4.49. The smallest absolute Gasteiger partial charge is 0.136 e. The molecule has 4 nitrogen and oxygen atoms in total. The van der Waals surface area contributed by atoms with Gasteiger partial charge >= 0.3 is 0 Å². The summed E-state index contributed by atoms with van der Waals surface area (Å²) in [5, 5.41) is 0. The largest absolute Gasteiger partial charge is 0.466 e. The van der Waals surface area contributed by atoms with Gasteiger partial charge in [-0.1, -0.05) is 0 Å². The zero-order chi connectivity index (χ0) is 10.6. The molecule has 0 amide bonds. The van der Waals surface area contributed by atoms with E-state index >= 15 is 0 Å². The van der Waals surface area contributed by atoms with E-state index in [0.29, 0.717) is 0 Å². The fourth-order valence-electron chi connectivity index (χ4n) is 1.23. The van der Waals surface area contributed by atoms with Crippen molar-refractivity contribution in [3.8, 4) is 0 Å². The standard InChI is InChI=1S/C9H16BrN3O/c1-13(2)5-3-8(12-11)9-7(10)4-6-14-9/h4,6,8,12H,3,5,11H2,1-2H3. The molecule has 5 heteroatoms. The van der Waals surface area contributed by atoms with E-state index in [1.807, 2.05) is 20.2 Å². The Balaban J connectivity index is 2.58. The van der Waals surface area contributed by atoms with E-state index in [1.165, 1.54) is 0 Å². The molecule has 1 atom stereocenters. The normalized spacial score (nSPS) is 13.5. The number of nitrogens with one attached hydrogen (secondary N) is 1. The second kappa shape index (κ2) is 5.50. The van der Waals surface area contributed by atoms with Crippen molar-refractivity contribution in [2.45, 2.75) is 12.5 Å². The molecule has 0 radical (unpaired) electrons. The van der Waals surface area contributed by atoms with Gasteiger partial charge in [-0.15, -0.1) is 0 Å². The second-order valence-corrected chi connectivity index (χ2v) is 4.30. The van der Waals surface area contributed by atoms with Gasteiger partial charge in [-0.3, -0.25) is 5.84 Å². The summed E-state index contributed by atoms with van der Waals surface area (Å²) < 4.78 is 6.30. The molecular weight excluding hydrogens is 246 g/mol. The van der Waals surface area contributed by atoms with Crippen LogP contribution in [0.15, 0.2) is 21.2 Å². The van der Waals surface area contributed by atoms with Crippen molar-refractivity contribution in [1.29, 1.82) is 0 Å². The Morgan fingerprint density at radius 2 is 2.36 bits per heavy atom. The molecule has 0 fully saturated rings. The Morgan fingerprint density at radius 1 is 1.64 bits per heavy atom. The van der Waals surface area contributed by atoms with Crippen molar-refractivity contribution in [1.82, 2.24) is 10.3 Å². The van der Waals surface area contributed by atoms with Crippen molar-refractivity contribution in [2.24, 2.45) is 5.84 Å². The monoisotopic (exact) mass is 261 g/mol. The predicted octanol–water partition coefficient (Wildman–Crippen LogP) is 1.50. The van der Waals surface area contributed by atoms with Crippen LogP contribution in [0.2, 0.25) is 0 Å². The van der Waals surface area contributed by atoms with Gasteiger partial charge in [-0.25, -0.2) is 5.43 Å². The number of hydrogen-bond donors (Lipinski definition) is 2. The van der Waals surface area contributed by atoms with Gasteiger partial charge in [0.15, 0.2) is 0 Å². The van der Waals surface area contributed by atoms with Gasteiger partial charge in [0.25, 0.3) is 0 Å². The van der Waals surface area contributed by atoms with E-state index in [0.717, 1.165) is 23.2 Å². The first-order chi connectivity index (χ1) is 6.65. The lowest BCUT2D eigenvalue weighted by Gasteiger charge is -2.16. The number of nitrogens with two attached hydrogens (primary N) is 1. The van der Waals surface area contributed by atoms with Gasteiger partial charge in [0.05, 0.1) is 16.8 Å². The van der Waals surface area contributed by atoms with E-state index in [4.69, 9.17) is 10.3 Å². The highest BCUT2D eigenvalue weighted by molar-refractivity contribution is 9.10. The number of nitrogens with zero attached hydrogens (tertiary/aromatic N) is 1. The highest BCUT2D eigenvalue weighted by atomic mass is 79.9. The topological polar surface area (TPSA) is 54.4 Å². The van der Waals surface area contributed by atoms with Crippen LogP contribution in [0.4, 0.5) is 0 Å². The minimum absolute atomic E-state index is 0.0572. The summed E-state index contributed by atoms with van der Waals surface area (Å²) in [5.41, 5.74) is 2.75. The summed E-state index contributed by atoms with van der Waals surface area (Å²) in [7, 11) is 4.06. The maximum Gasteiger partial charge on any atom is 0.136 e. The predicted molar refractivity (Wildman–Crippen MR) is 59.6 cm³/mol. The van der Waals surface area contributed by atoms with Crippen molar-refractivity contribution in [2.75, 3.05) is 20.6 Å². The molecule has 14 heavy (non-hydrogen) atoms. The fourth-order valence-corrected chi connectivity index (χ4v) is 1.71. The van der Waals surface area contributed by atoms with E-state index in [2.05, 4.69) is 26.3 Å². The molecule has 0 aliphatic rings. The van der Waals surface area contributed by atoms with Crippen LogP contribution in [0, 0.1) is 0 Å². The lowest BCUT2D eigenvalue weighted by Crippen LogP contribution is -2.30. The molecule has 0 bridgehead atoms. The van der Waals surface area contributed by atoms with Crippen molar-refractivity contribution in [3.63, 3.8) is 0 Å². The van der Waals surface area contributed by atoms with Gasteiger partial charge < -0.3 is 9.32 Å². The van der Waals surface area contributed by atoms with Crippen LogP contribution in [0.25, 0.3) is 0 Å². The third kappa shape index (κ3) is 3.09. The highest BCUT2D eigenvalue weighted by Gasteiger charge is 2.16. The molecule has 80 valence electrons. The molecule has 1 aromatic rings. The van der Waals surface area contributed by atoms with Crippen LogP contribution in [-0.4, -0.2) is 25.5 Å². The van der Waals surface area contributed by atoms with Crippen LogP contribution in [-0.2, 0) is 0 Å². The Kier molecular flexibility index (Phi) is 4.60. The van der Waals surface area contributed by atoms with Gasteiger partial charge in [0.1, 0.15) is 5.76 Å². The van der Waals surface area contributed by atoms with E-state index in [-0.39, 0.29) is 6.04 Å². The molecule has 0 aliphatic heterocycles.